The third kappa shape index (κ3) is 1.78. The zero-order valence-corrected chi connectivity index (χ0v) is 11.2. The molecule has 0 saturated carbocycles. The highest BCUT2D eigenvalue weighted by atomic mass is 35.5. The Balaban J connectivity index is 2.33. The van der Waals surface area contributed by atoms with Crippen molar-refractivity contribution < 1.29 is 0 Å². The first-order valence-corrected chi connectivity index (χ1v) is 6.32. The molecule has 0 radical (unpaired) electrons. The Labute approximate surface area is 115 Å². The predicted octanol–water partition coefficient (Wildman–Crippen LogP) is 4.85. The van der Waals surface area contributed by atoms with Crippen LogP contribution in [0.5, 0.6) is 0 Å². The smallest absolute Gasteiger partial charge is 0.154 e. The molecule has 0 unspecified atom stereocenters. The van der Waals surface area contributed by atoms with Crippen LogP contribution in [0.3, 0.4) is 0 Å². The van der Waals surface area contributed by atoms with Gasteiger partial charge in [-0.2, -0.15) is 0 Å². The molecular weight excluding hydrogens is 267 g/mol. The summed E-state index contributed by atoms with van der Waals surface area (Å²) in [6.07, 6.45) is 0. The predicted molar refractivity (Wildman–Crippen MR) is 76.3 cm³/mol. The van der Waals surface area contributed by atoms with E-state index in [4.69, 9.17) is 23.2 Å². The van der Waals surface area contributed by atoms with Crippen molar-refractivity contribution in [2.45, 2.75) is 6.92 Å². The van der Waals surface area contributed by atoms with Crippen molar-refractivity contribution in [3.05, 3.63) is 52.3 Å². The van der Waals surface area contributed by atoms with E-state index in [0.29, 0.717) is 10.3 Å². The van der Waals surface area contributed by atoms with Crippen molar-refractivity contribution in [1.82, 2.24) is 9.97 Å². The number of halogens is 2. The van der Waals surface area contributed by atoms with Crippen LogP contribution in [-0.4, -0.2) is 9.97 Å². The Bertz CT molecular complexity index is 717. The average Bonchev–Trinajstić information content (AvgIpc) is 2.69. The summed E-state index contributed by atoms with van der Waals surface area (Å²) in [5, 5.41) is 1.83. The molecule has 0 fully saturated rings. The van der Waals surface area contributed by atoms with Crippen molar-refractivity contribution >= 4 is 34.1 Å². The molecule has 1 aromatic carbocycles. The molecule has 0 saturated heterocycles. The second kappa shape index (κ2) is 4.30. The number of fused-ring (bicyclic) bond motifs is 1. The number of nitrogens with one attached hydrogen (secondary N) is 1. The first-order chi connectivity index (χ1) is 8.66. The molecule has 2 heterocycles. The number of aromatic amines is 1. The largest absolute Gasteiger partial charge is 0.352 e. The molecule has 90 valence electrons. The molecule has 0 aliphatic rings. The summed E-state index contributed by atoms with van der Waals surface area (Å²) >= 11 is 12.1. The van der Waals surface area contributed by atoms with Gasteiger partial charge in [0.15, 0.2) is 5.15 Å². The zero-order chi connectivity index (χ0) is 12.7. The summed E-state index contributed by atoms with van der Waals surface area (Å²) in [4.78, 5) is 7.37. The van der Waals surface area contributed by atoms with Gasteiger partial charge in [0.1, 0.15) is 5.15 Å². The van der Waals surface area contributed by atoms with Crippen LogP contribution in [-0.2, 0) is 0 Å². The quantitative estimate of drug-likeness (QED) is 0.633. The maximum absolute atomic E-state index is 6.11. The number of hydrogen-bond acceptors (Lipinski definition) is 1. The monoisotopic (exact) mass is 276 g/mol. The molecule has 3 aromatic rings. The minimum absolute atomic E-state index is 0.405. The lowest BCUT2D eigenvalue weighted by Crippen LogP contribution is -1.79. The van der Waals surface area contributed by atoms with Crippen LogP contribution in [0, 0.1) is 6.92 Å². The number of hydrogen-bond donors (Lipinski definition) is 1. The van der Waals surface area contributed by atoms with E-state index in [0.717, 1.165) is 27.7 Å². The Kier molecular flexibility index (Phi) is 2.77. The fourth-order valence-electron chi connectivity index (χ4n) is 2.15. The Morgan fingerprint density at radius 1 is 1.11 bits per heavy atom. The minimum Gasteiger partial charge on any atom is -0.352 e. The van der Waals surface area contributed by atoms with Gasteiger partial charge in [0.25, 0.3) is 0 Å². The summed E-state index contributed by atoms with van der Waals surface area (Å²) in [6.45, 7) is 2.05. The SMILES string of the molecule is Cc1c(-c2ccccc2)[nH]c2c(Cl)nc(Cl)cc12. The molecule has 0 bridgehead atoms. The highest BCUT2D eigenvalue weighted by molar-refractivity contribution is 6.36. The number of pyridine rings is 1. The lowest BCUT2D eigenvalue weighted by Gasteiger charge is -1.99. The van der Waals surface area contributed by atoms with Gasteiger partial charge in [-0.05, 0) is 24.1 Å². The summed E-state index contributed by atoms with van der Waals surface area (Å²) < 4.78 is 0. The highest BCUT2D eigenvalue weighted by Gasteiger charge is 2.13. The van der Waals surface area contributed by atoms with E-state index in [2.05, 4.69) is 22.1 Å². The molecule has 18 heavy (non-hydrogen) atoms. The van der Waals surface area contributed by atoms with Gasteiger partial charge in [0, 0.05) is 11.1 Å². The Morgan fingerprint density at radius 2 is 1.83 bits per heavy atom. The number of rotatable bonds is 1. The van der Waals surface area contributed by atoms with Crippen LogP contribution >= 0.6 is 23.2 Å². The van der Waals surface area contributed by atoms with E-state index in [-0.39, 0.29) is 0 Å². The van der Waals surface area contributed by atoms with E-state index in [1.54, 1.807) is 0 Å². The highest BCUT2D eigenvalue weighted by Crippen LogP contribution is 2.33. The third-order valence-corrected chi connectivity index (χ3v) is 3.50. The number of aromatic nitrogens is 2. The van der Waals surface area contributed by atoms with Gasteiger partial charge in [0.05, 0.1) is 5.52 Å². The van der Waals surface area contributed by atoms with Gasteiger partial charge >= 0.3 is 0 Å². The second-order valence-corrected chi connectivity index (χ2v) is 4.89. The fourth-order valence-corrected chi connectivity index (χ4v) is 2.62. The van der Waals surface area contributed by atoms with Crippen molar-refractivity contribution in [3.63, 3.8) is 0 Å². The van der Waals surface area contributed by atoms with Crippen molar-refractivity contribution in [2.24, 2.45) is 0 Å². The Morgan fingerprint density at radius 3 is 2.56 bits per heavy atom. The summed E-state index contributed by atoms with van der Waals surface area (Å²) in [5.41, 5.74) is 4.13. The van der Waals surface area contributed by atoms with Gasteiger partial charge in [-0.3, -0.25) is 0 Å². The van der Waals surface area contributed by atoms with E-state index in [1.165, 1.54) is 0 Å². The summed E-state index contributed by atoms with van der Waals surface area (Å²) in [7, 11) is 0. The fraction of sp³-hybridized carbons (Fsp3) is 0.0714. The number of benzene rings is 1. The van der Waals surface area contributed by atoms with Crippen LogP contribution in [0.2, 0.25) is 10.3 Å². The minimum atomic E-state index is 0.405. The molecule has 2 nitrogen and oxygen atoms in total. The van der Waals surface area contributed by atoms with Crippen LogP contribution in [0.1, 0.15) is 5.56 Å². The number of nitrogens with zero attached hydrogens (tertiary/aromatic N) is 1. The van der Waals surface area contributed by atoms with Crippen molar-refractivity contribution in [2.75, 3.05) is 0 Å². The van der Waals surface area contributed by atoms with Gasteiger partial charge in [0.2, 0.25) is 0 Å². The van der Waals surface area contributed by atoms with E-state index in [1.807, 2.05) is 31.2 Å². The molecule has 3 rings (SSSR count). The first kappa shape index (κ1) is 11.6. The molecule has 0 aliphatic carbocycles. The van der Waals surface area contributed by atoms with Gasteiger partial charge in [-0.1, -0.05) is 53.5 Å². The van der Waals surface area contributed by atoms with Gasteiger partial charge in [-0.25, -0.2) is 4.98 Å². The van der Waals surface area contributed by atoms with Crippen LogP contribution in [0.4, 0.5) is 0 Å². The van der Waals surface area contributed by atoms with Crippen LogP contribution in [0.25, 0.3) is 22.2 Å². The lowest BCUT2D eigenvalue weighted by molar-refractivity contribution is 1.34. The molecule has 4 heteroatoms. The molecule has 0 aliphatic heterocycles. The standard InChI is InChI=1S/C14H10Cl2N2/c1-8-10-7-11(15)17-14(16)13(10)18-12(8)9-5-3-2-4-6-9/h2-7,18H,1H3. The van der Waals surface area contributed by atoms with E-state index < -0.39 is 0 Å². The topological polar surface area (TPSA) is 28.7 Å². The lowest BCUT2D eigenvalue weighted by atomic mass is 10.1. The molecule has 0 spiro atoms. The van der Waals surface area contributed by atoms with Gasteiger partial charge < -0.3 is 4.98 Å². The maximum Gasteiger partial charge on any atom is 0.154 e. The van der Waals surface area contributed by atoms with E-state index in [9.17, 15) is 0 Å². The third-order valence-electron chi connectivity index (χ3n) is 3.04. The maximum atomic E-state index is 6.11. The summed E-state index contributed by atoms with van der Waals surface area (Å²) in [5.74, 6) is 0. The van der Waals surface area contributed by atoms with Crippen molar-refractivity contribution in [3.8, 4) is 11.3 Å². The first-order valence-electron chi connectivity index (χ1n) is 5.56. The molecular formula is C14H10Cl2N2. The number of aryl methyl sites for hydroxylation is 1. The van der Waals surface area contributed by atoms with Crippen LogP contribution < -0.4 is 0 Å². The van der Waals surface area contributed by atoms with Crippen LogP contribution in [0.15, 0.2) is 36.4 Å². The van der Waals surface area contributed by atoms with Crippen molar-refractivity contribution in [1.29, 1.82) is 0 Å². The molecule has 1 N–H and O–H groups in total. The molecule has 0 atom stereocenters. The number of H-pyrrole nitrogens is 1. The zero-order valence-electron chi connectivity index (χ0n) is 9.67. The Hall–Kier alpha value is -1.51. The second-order valence-electron chi connectivity index (χ2n) is 4.15. The summed E-state index contributed by atoms with van der Waals surface area (Å²) in [6, 6.07) is 12.0. The van der Waals surface area contributed by atoms with Gasteiger partial charge in [-0.15, -0.1) is 0 Å². The average molecular weight is 277 g/mol. The van der Waals surface area contributed by atoms with E-state index >= 15 is 0 Å². The molecule has 0 amide bonds. The molecule has 2 aromatic heterocycles. The normalized spacial score (nSPS) is 11.1.